The van der Waals surface area contributed by atoms with Crippen LogP contribution in [0.4, 0.5) is 0 Å². The largest absolute Gasteiger partial charge is 0.356 e. The van der Waals surface area contributed by atoms with E-state index in [9.17, 15) is 0 Å². The van der Waals surface area contributed by atoms with E-state index in [0.29, 0.717) is 5.92 Å². The second kappa shape index (κ2) is 11.8. The van der Waals surface area contributed by atoms with E-state index in [1.54, 1.807) is 0 Å². The van der Waals surface area contributed by atoms with Crippen LogP contribution in [0.1, 0.15) is 35.7 Å². The molecule has 0 saturated heterocycles. The van der Waals surface area contributed by atoms with Crippen molar-refractivity contribution in [3.8, 4) is 0 Å². The van der Waals surface area contributed by atoms with Crippen molar-refractivity contribution in [2.24, 2.45) is 4.99 Å². The molecule has 0 spiro atoms. The fourth-order valence-electron chi connectivity index (χ4n) is 3.63. The highest BCUT2D eigenvalue weighted by molar-refractivity contribution is 5.79. The molecule has 0 amide bonds. The van der Waals surface area contributed by atoms with Crippen LogP contribution in [0.25, 0.3) is 0 Å². The Morgan fingerprint density at radius 3 is 2.40 bits per heavy atom. The normalized spacial score (nSPS) is 12.5. The maximum atomic E-state index is 4.40. The summed E-state index contributed by atoms with van der Waals surface area (Å²) < 4.78 is 2.20. The van der Waals surface area contributed by atoms with E-state index in [-0.39, 0.29) is 0 Å². The third kappa shape index (κ3) is 6.76. The lowest BCUT2D eigenvalue weighted by molar-refractivity contribution is 0.585. The van der Waals surface area contributed by atoms with E-state index >= 15 is 0 Å². The maximum Gasteiger partial charge on any atom is 0.190 e. The van der Waals surface area contributed by atoms with Gasteiger partial charge in [0.2, 0.25) is 0 Å². The number of rotatable bonds is 10. The molecule has 2 aromatic carbocycles. The Kier molecular flexibility index (Phi) is 8.51. The van der Waals surface area contributed by atoms with Crippen LogP contribution in [0.15, 0.2) is 78.0 Å². The number of unbranched alkanes of at least 4 members (excludes halogenated alkanes) is 1. The molecule has 3 aromatic rings. The average molecular weight is 404 g/mol. The highest BCUT2D eigenvalue weighted by Gasteiger charge is 2.13. The summed E-state index contributed by atoms with van der Waals surface area (Å²) in [4.78, 5) is 8.67. The van der Waals surface area contributed by atoms with Crippen molar-refractivity contribution in [1.29, 1.82) is 0 Å². The van der Waals surface area contributed by atoms with Gasteiger partial charge in [-0.25, -0.2) is 4.98 Å². The molecule has 0 radical (unpaired) electrons. The highest BCUT2D eigenvalue weighted by Crippen LogP contribution is 2.20. The Labute approximate surface area is 180 Å². The molecule has 0 fully saturated rings. The fourth-order valence-corrected chi connectivity index (χ4v) is 3.63. The first-order valence-electron chi connectivity index (χ1n) is 10.8. The van der Waals surface area contributed by atoms with E-state index in [1.807, 2.05) is 26.4 Å². The van der Waals surface area contributed by atoms with Crippen LogP contribution in [-0.2, 0) is 13.0 Å². The SMILES string of the molecule is CN=C(NCCCCn1ccnc1C)NCC(Cc1ccccc1)c1ccccc1. The van der Waals surface area contributed by atoms with Crippen molar-refractivity contribution >= 4 is 5.96 Å². The van der Waals surface area contributed by atoms with Crippen molar-refractivity contribution in [2.45, 2.75) is 38.6 Å². The van der Waals surface area contributed by atoms with Crippen molar-refractivity contribution < 1.29 is 0 Å². The fraction of sp³-hybridized carbons (Fsp3) is 0.360. The van der Waals surface area contributed by atoms with Gasteiger partial charge in [0.1, 0.15) is 5.82 Å². The number of benzene rings is 2. The molecular formula is C25H33N5. The van der Waals surface area contributed by atoms with Crippen LogP contribution in [0.3, 0.4) is 0 Å². The topological polar surface area (TPSA) is 54.2 Å². The highest BCUT2D eigenvalue weighted by atomic mass is 15.2. The van der Waals surface area contributed by atoms with E-state index in [2.05, 4.69) is 85.8 Å². The summed E-state index contributed by atoms with van der Waals surface area (Å²) in [6.45, 7) is 4.80. The predicted molar refractivity (Wildman–Crippen MR) is 125 cm³/mol. The second-order valence-electron chi connectivity index (χ2n) is 7.55. The lowest BCUT2D eigenvalue weighted by Crippen LogP contribution is -2.40. The molecule has 0 aliphatic carbocycles. The smallest absolute Gasteiger partial charge is 0.190 e. The molecule has 30 heavy (non-hydrogen) atoms. The van der Waals surface area contributed by atoms with Crippen molar-refractivity contribution in [3.63, 3.8) is 0 Å². The zero-order valence-electron chi connectivity index (χ0n) is 18.1. The average Bonchev–Trinajstić information content (AvgIpc) is 3.20. The first-order chi connectivity index (χ1) is 14.8. The Morgan fingerprint density at radius 2 is 1.73 bits per heavy atom. The lowest BCUT2D eigenvalue weighted by Gasteiger charge is -2.20. The third-order valence-electron chi connectivity index (χ3n) is 5.38. The van der Waals surface area contributed by atoms with Gasteiger partial charge in [0.25, 0.3) is 0 Å². The Morgan fingerprint density at radius 1 is 1.00 bits per heavy atom. The lowest BCUT2D eigenvalue weighted by atomic mass is 9.92. The molecule has 3 rings (SSSR count). The zero-order valence-corrected chi connectivity index (χ0v) is 18.1. The summed E-state index contributed by atoms with van der Waals surface area (Å²) in [6, 6.07) is 21.4. The molecule has 0 aliphatic heterocycles. The summed E-state index contributed by atoms with van der Waals surface area (Å²) in [6.07, 6.45) is 7.10. The van der Waals surface area contributed by atoms with E-state index in [4.69, 9.17) is 0 Å². The molecule has 0 saturated carbocycles. The minimum atomic E-state index is 0.386. The molecule has 5 heteroatoms. The van der Waals surface area contributed by atoms with Gasteiger partial charge in [-0.15, -0.1) is 0 Å². The van der Waals surface area contributed by atoms with Crippen LogP contribution < -0.4 is 10.6 Å². The van der Waals surface area contributed by atoms with Gasteiger partial charge in [0.15, 0.2) is 5.96 Å². The molecule has 5 nitrogen and oxygen atoms in total. The number of aromatic nitrogens is 2. The van der Waals surface area contributed by atoms with Crippen molar-refractivity contribution in [2.75, 3.05) is 20.1 Å². The van der Waals surface area contributed by atoms with Crippen molar-refractivity contribution in [3.05, 3.63) is 90.0 Å². The summed E-state index contributed by atoms with van der Waals surface area (Å²) in [5, 5.41) is 6.97. The van der Waals surface area contributed by atoms with Crippen LogP contribution in [0.5, 0.6) is 0 Å². The van der Waals surface area contributed by atoms with Gasteiger partial charge in [-0.2, -0.15) is 0 Å². The van der Waals surface area contributed by atoms with E-state index < -0.39 is 0 Å². The van der Waals surface area contributed by atoms with Crippen LogP contribution >= 0.6 is 0 Å². The van der Waals surface area contributed by atoms with E-state index in [1.165, 1.54) is 11.1 Å². The zero-order chi connectivity index (χ0) is 21.0. The van der Waals surface area contributed by atoms with Gasteiger partial charge in [0.05, 0.1) is 0 Å². The Bertz CT molecular complexity index is 886. The maximum absolute atomic E-state index is 4.40. The number of aryl methyl sites for hydroxylation is 2. The number of nitrogens with zero attached hydrogens (tertiary/aromatic N) is 3. The first kappa shape index (κ1) is 21.6. The summed E-state index contributed by atoms with van der Waals surface area (Å²) in [7, 11) is 1.83. The van der Waals surface area contributed by atoms with Gasteiger partial charge < -0.3 is 15.2 Å². The number of aliphatic imine (C=N–C) groups is 1. The molecule has 1 aromatic heterocycles. The quantitative estimate of drug-likeness (QED) is 0.304. The summed E-state index contributed by atoms with van der Waals surface area (Å²) in [5.41, 5.74) is 2.70. The molecule has 2 N–H and O–H groups in total. The number of nitrogens with one attached hydrogen (secondary N) is 2. The number of guanidine groups is 1. The third-order valence-corrected chi connectivity index (χ3v) is 5.38. The van der Waals surface area contributed by atoms with Gasteiger partial charge in [-0.1, -0.05) is 60.7 Å². The van der Waals surface area contributed by atoms with Crippen LogP contribution in [0, 0.1) is 6.92 Å². The van der Waals surface area contributed by atoms with Gasteiger partial charge in [0, 0.05) is 45.0 Å². The standard InChI is InChI=1S/C25H33N5/c1-21-27-16-18-30(21)17-10-9-15-28-25(26-2)29-20-24(23-13-7-4-8-14-23)19-22-11-5-3-6-12-22/h3-8,11-14,16,18,24H,9-10,15,17,19-20H2,1-2H3,(H2,26,28,29). The Hall–Kier alpha value is -3.08. The number of hydrogen-bond acceptors (Lipinski definition) is 2. The molecule has 1 heterocycles. The predicted octanol–water partition coefficient (Wildman–Crippen LogP) is 4.16. The molecular weight excluding hydrogens is 370 g/mol. The molecule has 1 atom stereocenters. The minimum absolute atomic E-state index is 0.386. The van der Waals surface area contributed by atoms with Crippen LogP contribution in [-0.4, -0.2) is 35.6 Å². The van der Waals surface area contributed by atoms with Crippen molar-refractivity contribution in [1.82, 2.24) is 20.2 Å². The monoisotopic (exact) mass is 403 g/mol. The summed E-state index contributed by atoms with van der Waals surface area (Å²) in [5.74, 6) is 2.32. The molecule has 0 bridgehead atoms. The number of imidazole rings is 1. The number of hydrogen-bond donors (Lipinski definition) is 2. The van der Waals surface area contributed by atoms with Gasteiger partial charge in [-0.05, 0) is 37.3 Å². The van der Waals surface area contributed by atoms with E-state index in [0.717, 1.165) is 50.7 Å². The molecule has 158 valence electrons. The first-order valence-corrected chi connectivity index (χ1v) is 10.8. The molecule has 0 aliphatic rings. The van der Waals surface area contributed by atoms with Gasteiger partial charge >= 0.3 is 0 Å². The summed E-state index contributed by atoms with van der Waals surface area (Å²) >= 11 is 0. The van der Waals surface area contributed by atoms with Gasteiger partial charge in [-0.3, -0.25) is 4.99 Å². The second-order valence-corrected chi connectivity index (χ2v) is 7.55. The Balaban J connectivity index is 1.47. The minimum Gasteiger partial charge on any atom is -0.356 e. The molecule has 1 unspecified atom stereocenters. The van der Waals surface area contributed by atoms with Crippen LogP contribution in [0.2, 0.25) is 0 Å².